The molecule has 0 radical (unpaired) electrons. The monoisotopic (exact) mass is 214 g/mol. The van der Waals surface area contributed by atoms with Gasteiger partial charge in [-0.15, -0.1) is 0 Å². The molecule has 14 heavy (non-hydrogen) atoms. The molecule has 0 N–H and O–H groups in total. The molecule has 2 rings (SSSR count). The van der Waals surface area contributed by atoms with Crippen LogP contribution in [0.3, 0.4) is 0 Å². The third kappa shape index (κ3) is 1.48. The van der Waals surface area contributed by atoms with Crippen LogP contribution in [0.1, 0.15) is 0 Å². The van der Waals surface area contributed by atoms with Gasteiger partial charge in [0.25, 0.3) is 0 Å². The highest BCUT2D eigenvalue weighted by atomic mass is 35.5. The average Bonchev–Trinajstić information content (AvgIpc) is 2.51. The summed E-state index contributed by atoms with van der Waals surface area (Å²) in [7, 11) is 0. The molecule has 1 heterocycles. The van der Waals surface area contributed by atoms with Crippen molar-refractivity contribution in [3.8, 4) is 11.3 Å². The Morgan fingerprint density at radius 1 is 1.14 bits per heavy atom. The van der Waals surface area contributed by atoms with Crippen LogP contribution in [0.25, 0.3) is 11.3 Å². The van der Waals surface area contributed by atoms with Crippen LogP contribution in [0.2, 0.25) is 0 Å². The fourth-order valence-electron chi connectivity index (χ4n) is 1.18. The molecule has 72 valence electrons. The Morgan fingerprint density at radius 3 is 2.29 bits per heavy atom. The molecule has 0 aliphatic carbocycles. The SMILES string of the molecule is Fc1cccc(F)c1-c1ccn(Cl)n1. The molecule has 0 bridgehead atoms. The lowest BCUT2D eigenvalue weighted by Gasteiger charge is -1.99. The van der Waals surface area contributed by atoms with Crippen molar-refractivity contribution in [3.63, 3.8) is 0 Å². The van der Waals surface area contributed by atoms with E-state index < -0.39 is 11.6 Å². The summed E-state index contributed by atoms with van der Waals surface area (Å²) in [6, 6.07) is 5.08. The van der Waals surface area contributed by atoms with E-state index >= 15 is 0 Å². The summed E-state index contributed by atoms with van der Waals surface area (Å²) in [4.78, 5) is 0. The van der Waals surface area contributed by atoms with Crippen molar-refractivity contribution in [3.05, 3.63) is 42.1 Å². The van der Waals surface area contributed by atoms with E-state index in [0.29, 0.717) is 0 Å². The van der Waals surface area contributed by atoms with Gasteiger partial charge in [0.15, 0.2) is 0 Å². The molecule has 0 saturated carbocycles. The predicted octanol–water partition coefficient (Wildman–Crippen LogP) is 2.83. The lowest BCUT2D eigenvalue weighted by atomic mass is 10.1. The molecule has 0 saturated heterocycles. The number of aromatic nitrogens is 2. The van der Waals surface area contributed by atoms with Crippen LogP contribution in [-0.4, -0.2) is 9.30 Å². The molecule has 2 aromatic rings. The largest absolute Gasteiger partial charge is 0.206 e. The first-order valence-corrected chi connectivity index (χ1v) is 4.18. The van der Waals surface area contributed by atoms with E-state index in [4.69, 9.17) is 11.8 Å². The van der Waals surface area contributed by atoms with Gasteiger partial charge in [-0.25, -0.2) is 8.78 Å². The molecular formula is C9H5ClF2N2. The van der Waals surface area contributed by atoms with Crippen LogP contribution in [0.4, 0.5) is 8.78 Å². The first-order chi connectivity index (χ1) is 6.68. The number of rotatable bonds is 1. The van der Waals surface area contributed by atoms with E-state index in [2.05, 4.69) is 5.10 Å². The standard InChI is InChI=1S/C9H5ClF2N2/c10-14-5-4-8(13-14)9-6(11)2-1-3-7(9)12/h1-5H. The minimum atomic E-state index is -0.652. The molecule has 0 aliphatic heterocycles. The van der Waals surface area contributed by atoms with Crippen molar-refractivity contribution in [2.75, 3.05) is 0 Å². The summed E-state index contributed by atoms with van der Waals surface area (Å²) in [5.74, 6) is -1.30. The molecular weight excluding hydrogens is 210 g/mol. The van der Waals surface area contributed by atoms with Crippen molar-refractivity contribution >= 4 is 11.8 Å². The summed E-state index contributed by atoms with van der Waals surface area (Å²) < 4.78 is 27.4. The third-order valence-corrected chi connectivity index (χ3v) is 1.97. The topological polar surface area (TPSA) is 17.8 Å². The lowest BCUT2D eigenvalue weighted by Crippen LogP contribution is -1.90. The van der Waals surface area contributed by atoms with Crippen molar-refractivity contribution in [1.82, 2.24) is 9.30 Å². The molecule has 0 spiro atoms. The molecule has 0 aliphatic rings. The number of hydrogen-bond donors (Lipinski definition) is 0. The normalized spacial score (nSPS) is 10.5. The van der Waals surface area contributed by atoms with Crippen molar-refractivity contribution in [1.29, 1.82) is 0 Å². The van der Waals surface area contributed by atoms with Crippen molar-refractivity contribution in [2.45, 2.75) is 0 Å². The maximum Gasteiger partial charge on any atom is 0.135 e. The maximum atomic E-state index is 13.2. The fourth-order valence-corrected chi connectivity index (χ4v) is 1.32. The number of nitrogens with zero attached hydrogens (tertiary/aromatic N) is 2. The molecule has 0 amide bonds. The van der Waals surface area contributed by atoms with Gasteiger partial charge in [-0.3, -0.25) is 0 Å². The number of halogens is 3. The first-order valence-electron chi connectivity index (χ1n) is 3.84. The number of hydrogen-bond acceptors (Lipinski definition) is 1. The molecule has 1 aromatic carbocycles. The maximum absolute atomic E-state index is 13.2. The number of benzene rings is 1. The molecule has 0 fully saturated rings. The van der Waals surface area contributed by atoms with Gasteiger partial charge >= 0.3 is 0 Å². The summed E-state index contributed by atoms with van der Waals surface area (Å²) >= 11 is 5.48. The predicted molar refractivity (Wildman–Crippen MR) is 48.8 cm³/mol. The third-order valence-electron chi connectivity index (χ3n) is 1.78. The highest BCUT2D eigenvalue weighted by Gasteiger charge is 2.12. The van der Waals surface area contributed by atoms with Crippen LogP contribution in [0.5, 0.6) is 0 Å². The summed E-state index contributed by atoms with van der Waals surface area (Å²) in [5, 5.41) is 3.70. The summed E-state index contributed by atoms with van der Waals surface area (Å²) in [6.07, 6.45) is 1.41. The quantitative estimate of drug-likeness (QED) is 0.714. The Hall–Kier alpha value is -1.42. The Bertz CT molecular complexity index is 447. The lowest BCUT2D eigenvalue weighted by molar-refractivity contribution is 0.588. The molecule has 1 aromatic heterocycles. The Kier molecular flexibility index (Phi) is 2.21. The second-order valence-electron chi connectivity index (χ2n) is 2.69. The highest BCUT2D eigenvalue weighted by molar-refractivity contribution is 6.14. The van der Waals surface area contributed by atoms with Gasteiger partial charge in [0.2, 0.25) is 0 Å². The van der Waals surface area contributed by atoms with Crippen LogP contribution in [-0.2, 0) is 0 Å². The zero-order chi connectivity index (χ0) is 10.1. The first kappa shape index (κ1) is 9.15. The van der Waals surface area contributed by atoms with Crippen LogP contribution < -0.4 is 0 Å². The van der Waals surface area contributed by atoms with E-state index in [1.165, 1.54) is 30.5 Å². The minimum absolute atomic E-state index is 0.160. The second kappa shape index (κ2) is 3.38. The Balaban J connectivity index is 2.61. The molecule has 0 atom stereocenters. The van der Waals surface area contributed by atoms with Crippen LogP contribution in [0, 0.1) is 11.6 Å². The van der Waals surface area contributed by atoms with Gasteiger partial charge in [-0.05, 0) is 18.2 Å². The van der Waals surface area contributed by atoms with Gasteiger partial charge in [0.1, 0.15) is 11.6 Å². The van der Waals surface area contributed by atoms with Crippen molar-refractivity contribution < 1.29 is 8.78 Å². The summed E-state index contributed by atoms with van der Waals surface area (Å²) in [5.41, 5.74) is 0.0162. The zero-order valence-electron chi connectivity index (χ0n) is 6.92. The van der Waals surface area contributed by atoms with Crippen LogP contribution in [0.15, 0.2) is 30.5 Å². The minimum Gasteiger partial charge on any atom is -0.206 e. The van der Waals surface area contributed by atoms with E-state index in [-0.39, 0.29) is 11.3 Å². The van der Waals surface area contributed by atoms with E-state index in [0.717, 1.165) is 4.20 Å². The van der Waals surface area contributed by atoms with E-state index in [1.54, 1.807) is 0 Å². The summed E-state index contributed by atoms with van der Waals surface area (Å²) in [6.45, 7) is 0. The average molecular weight is 215 g/mol. The molecule has 0 unspecified atom stereocenters. The Morgan fingerprint density at radius 2 is 1.79 bits per heavy atom. The molecule has 5 heteroatoms. The Labute approximate surface area is 83.8 Å². The van der Waals surface area contributed by atoms with Gasteiger partial charge < -0.3 is 0 Å². The van der Waals surface area contributed by atoms with Gasteiger partial charge in [0, 0.05) is 18.0 Å². The van der Waals surface area contributed by atoms with E-state index in [9.17, 15) is 8.78 Å². The van der Waals surface area contributed by atoms with Crippen LogP contribution >= 0.6 is 11.8 Å². The smallest absolute Gasteiger partial charge is 0.135 e. The van der Waals surface area contributed by atoms with Gasteiger partial charge in [0.05, 0.1) is 11.3 Å². The van der Waals surface area contributed by atoms with E-state index in [1.807, 2.05) is 0 Å². The second-order valence-corrected chi connectivity index (χ2v) is 3.03. The van der Waals surface area contributed by atoms with Gasteiger partial charge in [-0.2, -0.15) is 9.30 Å². The molecule has 2 nitrogen and oxygen atoms in total. The zero-order valence-corrected chi connectivity index (χ0v) is 7.67. The van der Waals surface area contributed by atoms with Gasteiger partial charge in [-0.1, -0.05) is 6.07 Å². The fraction of sp³-hybridized carbons (Fsp3) is 0. The highest BCUT2D eigenvalue weighted by Crippen LogP contribution is 2.23. The van der Waals surface area contributed by atoms with Crippen molar-refractivity contribution in [2.24, 2.45) is 0 Å².